The van der Waals surface area contributed by atoms with Crippen LogP contribution in [0.2, 0.25) is 0 Å². The minimum atomic E-state index is -2.81. The van der Waals surface area contributed by atoms with E-state index >= 15 is 0 Å². The van der Waals surface area contributed by atoms with Crippen molar-refractivity contribution in [2.45, 2.75) is 44.8 Å². The third-order valence-corrected chi connectivity index (χ3v) is 3.22. The van der Waals surface area contributed by atoms with E-state index in [-0.39, 0.29) is 13.0 Å². The number of rotatable bonds is 8. The highest BCUT2D eigenvalue weighted by atomic mass is 127. The second-order valence-corrected chi connectivity index (χ2v) is 5.12. The van der Waals surface area contributed by atoms with Gasteiger partial charge in [0.05, 0.1) is 6.61 Å². The first-order valence-corrected chi connectivity index (χ1v) is 7.65. The fourth-order valence-corrected chi connectivity index (χ4v) is 2.08. The van der Waals surface area contributed by atoms with Gasteiger partial charge in [-0.15, -0.1) is 0 Å². The van der Waals surface area contributed by atoms with E-state index in [2.05, 4.69) is 0 Å². The van der Waals surface area contributed by atoms with Crippen LogP contribution >= 0.6 is 22.6 Å². The second kappa shape index (κ2) is 8.64. The van der Waals surface area contributed by atoms with Gasteiger partial charge in [0.2, 0.25) is 0 Å². The Morgan fingerprint density at radius 2 is 2.00 bits per heavy atom. The van der Waals surface area contributed by atoms with Crippen LogP contribution in [0.4, 0.5) is 8.78 Å². The molecular weight excluding hydrogens is 361 g/mol. The van der Waals surface area contributed by atoms with E-state index in [0.29, 0.717) is 6.42 Å². The van der Waals surface area contributed by atoms with Gasteiger partial charge in [0.25, 0.3) is 5.92 Å². The SMILES string of the molecule is CCCCC(F)(F)C(/C=C/I)OCc1ccccc1. The summed E-state index contributed by atoms with van der Waals surface area (Å²) in [5.41, 5.74) is 0.903. The van der Waals surface area contributed by atoms with Crippen LogP contribution in [0.5, 0.6) is 0 Å². The molecule has 0 N–H and O–H groups in total. The van der Waals surface area contributed by atoms with Crippen LogP contribution in [-0.2, 0) is 11.3 Å². The molecule has 4 heteroatoms. The van der Waals surface area contributed by atoms with Gasteiger partial charge < -0.3 is 4.74 Å². The van der Waals surface area contributed by atoms with Crippen molar-refractivity contribution in [3.63, 3.8) is 0 Å². The van der Waals surface area contributed by atoms with E-state index in [1.54, 1.807) is 4.08 Å². The maximum absolute atomic E-state index is 14.0. The van der Waals surface area contributed by atoms with E-state index < -0.39 is 12.0 Å². The monoisotopic (exact) mass is 380 g/mol. The normalized spacial score (nSPS) is 13.9. The van der Waals surface area contributed by atoms with Crippen LogP contribution in [-0.4, -0.2) is 12.0 Å². The van der Waals surface area contributed by atoms with Crippen molar-refractivity contribution in [3.05, 3.63) is 46.1 Å². The van der Waals surface area contributed by atoms with E-state index in [9.17, 15) is 8.78 Å². The molecule has 19 heavy (non-hydrogen) atoms. The zero-order chi connectivity index (χ0) is 14.1. The first-order chi connectivity index (χ1) is 9.10. The van der Waals surface area contributed by atoms with Crippen molar-refractivity contribution in [1.82, 2.24) is 0 Å². The molecule has 1 nitrogen and oxygen atoms in total. The lowest BCUT2D eigenvalue weighted by Crippen LogP contribution is -2.34. The molecule has 0 spiro atoms. The summed E-state index contributed by atoms with van der Waals surface area (Å²) in [7, 11) is 0. The lowest BCUT2D eigenvalue weighted by molar-refractivity contribution is -0.126. The zero-order valence-corrected chi connectivity index (χ0v) is 13.1. The Morgan fingerprint density at radius 3 is 2.58 bits per heavy atom. The van der Waals surface area contributed by atoms with Gasteiger partial charge in [0, 0.05) is 6.42 Å². The summed E-state index contributed by atoms with van der Waals surface area (Å²) in [4.78, 5) is 0. The van der Waals surface area contributed by atoms with Gasteiger partial charge in [-0.25, -0.2) is 8.78 Å². The molecule has 0 aliphatic carbocycles. The summed E-state index contributed by atoms with van der Waals surface area (Å²) in [5.74, 6) is -2.81. The molecule has 0 aliphatic heterocycles. The molecule has 0 saturated carbocycles. The molecule has 1 atom stereocenters. The highest BCUT2D eigenvalue weighted by Gasteiger charge is 2.37. The first kappa shape index (κ1) is 16.6. The number of benzene rings is 1. The summed E-state index contributed by atoms with van der Waals surface area (Å²) in [6.07, 6.45) is 1.40. The first-order valence-electron chi connectivity index (χ1n) is 6.40. The predicted molar refractivity (Wildman–Crippen MR) is 82.7 cm³/mol. The van der Waals surface area contributed by atoms with Crippen molar-refractivity contribution in [2.75, 3.05) is 0 Å². The molecule has 1 aromatic carbocycles. The number of hydrogen-bond donors (Lipinski definition) is 0. The molecule has 0 bridgehead atoms. The van der Waals surface area contributed by atoms with Crippen molar-refractivity contribution < 1.29 is 13.5 Å². The minimum absolute atomic E-state index is 0.135. The van der Waals surface area contributed by atoms with Crippen LogP contribution < -0.4 is 0 Å². The molecule has 0 fully saturated rings. The van der Waals surface area contributed by atoms with Crippen LogP contribution in [0, 0.1) is 0 Å². The van der Waals surface area contributed by atoms with Gasteiger partial charge in [-0.1, -0.05) is 66.3 Å². The van der Waals surface area contributed by atoms with Gasteiger partial charge in [0.1, 0.15) is 6.10 Å². The Balaban J connectivity index is 2.62. The third kappa shape index (κ3) is 5.99. The smallest absolute Gasteiger partial charge is 0.277 e. The Labute approximate surface area is 127 Å². The fraction of sp³-hybridized carbons (Fsp3) is 0.467. The number of alkyl halides is 2. The third-order valence-electron chi connectivity index (χ3n) is 2.80. The molecule has 1 unspecified atom stereocenters. The summed E-state index contributed by atoms with van der Waals surface area (Å²) in [5, 5.41) is 0. The number of halogens is 3. The summed E-state index contributed by atoms with van der Waals surface area (Å²) < 4.78 is 35.0. The molecule has 0 heterocycles. The lowest BCUT2D eigenvalue weighted by Gasteiger charge is -2.24. The van der Waals surface area contributed by atoms with E-state index in [1.165, 1.54) is 6.08 Å². The maximum atomic E-state index is 14.0. The lowest BCUT2D eigenvalue weighted by atomic mass is 10.1. The second-order valence-electron chi connectivity index (χ2n) is 4.40. The highest BCUT2D eigenvalue weighted by molar-refractivity contribution is 14.1. The van der Waals surface area contributed by atoms with Gasteiger partial charge in [0.15, 0.2) is 0 Å². The fourth-order valence-electron chi connectivity index (χ4n) is 1.70. The predicted octanol–water partition coefficient (Wildman–Crippen LogP) is 5.35. The zero-order valence-electron chi connectivity index (χ0n) is 11.0. The molecule has 1 rings (SSSR count). The van der Waals surface area contributed by atoms with Gasteiger partial charge in [-0.05, 0) is 22.1 Å². The van der Waals surface area contributed by atoms with Crippen molar-refractivity contribution in [1.29, 1.82) is 0 Å². The van der Waals surface area contributed by atoms with E-state index in [0.717, 1.165) is 12.0 Å². The molecule has 0 aliphatic rings. The molecule has 0 radical (unpaired) electrons. The number of unbranched alkanes of at least 4 members (excludes halogenated alkanes) is 1. The molecule has 0 amide bonds. The minimum Gasteiger partial charge on any atom is -0.363 e. The average Bonchev–Trinajstić information content (AvgIpc) is 2.42. The average molecular weight is 380 g/mol. The Hall–Kier alpha value is -0.490. The maximum Gasteiger partial charge on any atom is 0.277 e. The van der Waals surface area contributed by atoms with Gasteiger partial charge >= 0.3 is 0 Å². The van der Waals surface area contributed by atoms with Gasteiger partial charge in [-0.2, -0.15) is 0 Å². The molecule has 0 aromatic heterocycles. The quantitative estimate of drug-likeness (QED) is 0.553. The summed E-state index contributed by atoms with van der Waals surface area (Å²) >= 11 is 1.94. The Morgan fingerprint density at radius 1 is 1.32 bits per heavy atom. The molecular formula is C15H19F2IO. The Bertz CT molecular complexity index is 379. The van der Waals surface area contributed by atoms with Crippen molar-refractivity contribution >= 4 is 22.6 Å². The molecule has 106 valence electrons. The topological polar surface area (TPSA) is 9.23 Å². The summed E-state index contributed by atoms with van der Waals surface area (Å²) in [6.45, 7) is 2.11. The van der Waals surface area contributed by atoms with Crippen molar-refractivity contribution in [3.8, 4) is 0 Å². The van der Waals surface area contributed by atoms with Crippen molar-refractivity contribution in [2.24, 2.45) is 0 Å². The van der Waals surface area contributed by atoms with E-state index in [4.69, 9.17) is 4.74 Å². The highest BCUT2D eigenvalue weighted by Crippen LogP contribution is 2.29. The van der Waals surface area contributed by atoms with Crippen LogP contribution in [0.3, 0.4) is 0 Å². The largest absolute Gasteiger partial charge is 0.363 e. The summed E-state index contributed by atoms with van der Waals surface area (Å²) in [6, 6.07) is 9.37. The molecule has 1 aromatic rings. The van der Waals surface area contributed by atoms with Gasteiger partial charge in [-0.3, -0.25) is 0 Å². The van der Waals surface area contributed by atoms with E-state index in [1.807, 2.05) is 59.8 Å². The standard InChI is InChI=1S/C15H19F2IO/c1-2-3-10-15(16,17)14(9-11-18)19-12-13-7-5-4-6-8-13/h4-9,11,14H,2-3,10,12H2,1H3/b11-9+. The number of hydrogen-bond acceptors (Lipinski definition) is 1. The Kier molecular flexibility index (Phi) is 7.53. The number of ether oxygens (including phenoxy) is 1. The van der Waals surface area contributed by atoms with Crippen LogP contribution in [0.1, 0.15) is 31.7 Å². The molecule has 0 saturated heterocycles. The van der Waals surface area contributed by atoms with Crippen LogP contribution in [0.15, 0.2) is 40.5 Å². The van der Waals surface area contributed by atoms with Crippen LogP contribution in [0.25, 0.3) is 0 Å².